The highest BCUT2D eigenvalue weighted by atomic mass is 32.2. The Labute approximate surface area is 114 Å². The maximum atomic E-state index is 11.6. The molecule has 96 valence electrons. The van der Waals surface area contributed by atoms with Gasteiger partial charge in [0, 0.05) is 24.6 Å². The fraction of sp³-hybridized carbons (Fsp3) is 0.455. The molecule has 1 aliphatic heterocycles. The van der Waals surface area contributed by atoms with Gasteiger partial charge in [-0.1, -0.05) is 0 Å². The van der Waals surface area contributed by atoms with Crippen molar-refractivity contribution in [3.63, 3.8) is 0 Å². The van der Waals surface area contributed by atoms with Gasteiger partial charge < -0.3 is 15.4 Å². The Hall–Kier alpha value is -1.39. The van der Waals surface area contributed by atoms with E-state index < -0.39 is 5.97 Å². The summed E-state index contributed by atoms with van der Waals surface area (Å²) in [5.74, 6) is 1.57. The molecule has 7 heteroatoms. The Balaban J connectivity index is 2.40. The summed E-state index contributed by atoms with van der Waals surface area (Å²) < 4.78 is 4.68. The number of carbonyl (C=O) groups excluding carboxylic acids is 1. The number of nitrogen functional groups attached to an aromatic ring is 1. The van der Waals surface area contributed by atoms with Gasteiger partial charge in [0.25, 0.3) is 0 Å². The van der Waals surface area contributed by atoms with E-state index in [2.05, 4.69) is 15.7 Å². The molecule has 1 fully saturated rings. The number of carbonyl (C=O) groups is 1. The van der Waals surface area contributed by atoms with Gasteiger partial charge in [0.05, 0.1) is 12.8 Å². The van der Waals surface area contributed by atoms with Gasteiger partial charge in [-0.05, 0) is 0 Å². The molecule has 2 N–H and O–H groups in total. The summed E-state index contributed by atoms with van der Waals surface area (Å²) in [5, 5.41) is 9.98. The van der Waals surface area contributed by atoms with Crippen LogP contribution in [-0.4, -0.2) is 37.7 Å². The Morgan fingerprint density at radius 1 is 1.50 bits per heavy atom. The van der Waals surface area contributed by atoms with Crippen molar-refractivity contribution in [3.8, 4) is 6.07 Å². The van der Waals surface area contributed by atoms with Crippen molar-refractivity contribution in [1.29, 1.82) is 5.26 Å². The average molecular weight is 283 g/mol. The molecular formula is C11H13N3O2S2. The molecule has 0 unspecified atom stereocenters. The predicted octanol–water partition coefficient (Wildman–Crippen LogP) is 1.54. The first-order valence-electron chi connectivity index (χ1n) is 5.42. The Kier molecular flexibility index (Phi) is 3.99. The molecular weight excluding hydrogens is 270 g/mol. The summed E-state index contributed by atoms with van der Waals surface area (Å²) in [7, 11) is 1.31. The summed E-state index contributed by atoms with van der Waals surface area (Å²) in [6.07, 6.45) is 0. The Morgan fingerprint density at radius 2 is 2.17 bits per heavy atom. The third kappa shape index (κ3) is 2.26. The lowest BCUT2D eigenvalue weighted by Gasteiger charge is -2.27. The highest BCUT2D eigenvalue weighted by Gasteiger charge is 2.25. The summed E-state index contributed by atoms with van der Waals surface area (Å²) in [6, 6.07) is 2.09. The minimum absolute atomic E-state index is 0.238. The zero-order chi connectivity index (χ0) is 13.1. The minimum Gasteiger partial charge on any atom is -0.465 e. The van der Waals surface area contributed by atoms with Crippen molar-refractivity contribution >= 4 is 39.8 Å². The summed E-state index contributed by atoms with van der Waals surface area (Å²) in [4.78, 5) is 14.0. The molecule has 0 aliphatic carbocycles. The number of ether oxygens (including phenoxy) is 1. The standard InChI is InChI=1S/C11H13N3O2S2/c1-16-11(15)9-8(13)7(6-12)10(18-9)14-2-4-17-5-3-14/h2-5,13H2,1H3. The molecule has 1 saturated heterocycles. The van der Waals surface area contributed by atoms with E-state index in [9.17, 15) is 10.1 Å². The monoisotopic (exact) mass is 283 g/mol. The predicted molar refractivity (Wildman–Crippen MR) is 74.3 cm³/mol. The molecule has 0 aromatic carbocycles. The maximum Gasteiger partial charge on any atom is 0.350 e. The number of nitrogens with two attached hydrogens (primary N) is 1. The molecule has 0 bridgehead atoms. The van der Waals surface area contributed by atoms with E-state index in [0.29, 0.717) is 10.4 Å². The zero-order valence-electron chi connectivity index (χ0n) is 9.93. The lowest BCUT2D eigenvalue weighted by atomic mass is 10.2. The smallest absolute Gasteiger partial charge is 0.350 e. The van der Waals surface area contributed by atoms with Crippen LogP contribution in [0.5, 0.6) is 0 Å². The SMILES string of the molecule is COC(=O)c1sc(N2CCSCC2)c(C#N)c1N. The quantitative estimate of drug-likeness (QED) is 0.829. The highest BCUT2D eigenvalue weighted by molar-refractivity contribution is 7.99. The lowest BCUT2D eigenvalue weighted by Crippen LogP contribution is -2.32. The molecule has 0 radical (unpaired) electrons. The van der Waals surface area contributed by atoms with Crippen molar-refractivity contribution < 1.29 is 9.53 Å². The van der Waals surface area contributed by atoms with E-state index in [0.717, 1.165) is 29.6 Å². The van der Waals surface area contributed by atoms with Crippen molar-refractivity contribution in [2.45, 2.75) is 0 Å². The zero-order valence-corrected chi connectivity index (χ0v) is 11.6. The van der Waals surface area contributed by atoms with Crippen molar-refractivity contribution in [2.24, 2.45) is 0 Å². The number of thioether (sulfide) groups is 1. The van der Waals surface area contributed by atoms with E-state index in [4.69, 9.17) is 5.73 Å². The van der Waals surface area contributed by atoms with Crippen molar-refractivity contribution in [2.75, 3.05) is 42.3 Å². The number of hydrogen-bond acceptors (Lipinski definition) is 7. The van der Waals surface area contributed by atoms with E-state index in [-0.39, 0.29) is 5.69 Å². The summed E-state index contributed by atoms with van der Waals surface area (Å²) in [6.45, 7) is 1.75. The largest absolute Gasteiger partial charge is 0.465 e. The fourth-order valence-electron chi connectivity index (χ4n) is 1.77. The molecule has 1 aromatic rings. The molecule has 0 spiro atoms. The van der Waals surface area contributed by atoms with Gasteiger partial charge in [0.1, 0.15) is 21.5 Å². The Morgan fingerprint density at radius 3 is 2.72 bits per heavy atom. The van der Waals surface area contributed by atoms with E-state index >= 15 is 0 Å². The van der Waals surface area contributed by atoms with Crippen LogP contribution >= 0.6 is 23.1 Å². The number of methoxy groups -OCH3 is 1. The second-order valence-electron chi connectivity index (χ2n) is 3.73. The van der Waals surface area contributed by atoms with E-state index in [1.54, 1.807) is 0 Å². The van der Waals surface area contributed by atoms with Crippen LogP contribution < -0.4 is 10.6 Å². The van der Waals surface area contributed by atoms with Gasteiger partial charge in [-0.3, -0.25) is 0 Å². The molecule has 1 aromatic heterocycles. The van der Waals surface area contributed by atoms with E-state index in [1.165, 1.54) is 18.4 Å². The topological polar surface area (TPSA) is 79.3 Å². The van der Waals surface area contributed by atoms with Crippen LogP contribution in [0.15, 0.2) is 0 Å². The third-order valence-corrected chi connectivity index (χ3v) is 4.90. The minimum atomic E-state index is -0.480. The third-order valence-electron chi connectivity index (χ3n) is 2.71. The van der Waals surface area contributed by atoms with Gasteiger partial charge in [-0.15, -0.1) is 11.3 Å². The maximum absolute atomic E-state index is 11.6. The fourth-order valence-corrected chi connectivity index (χ4v) is 3.82. The molecule has 5 nitrogen and oxygen atoms in total. The van der Waals surface area contributed by atoms with E-state index in [1.807, 2.05) is 11.8 Å². The van der Waals surface area contributed by atoms with Crippen LogP contribution in [0.25, 0.3) is 0 Å². The van der Waals surface area contributed by atoms with Crippen molar-refractivity contribution in [3.05, 3.63) is 10.4 Å². The normalized spacial score (nSPS) is 15.2. The number of nitriles is 1. The van der Waals surface area contributed by atoms with Gasteiger partial charge in [-0.2, -0.15) is 17.0 Å². The number of esters is 1. The lowest BCUT2D eigenvalue weighted by molar-refractivity contribution is 0.0607. The van der Waals surface area contributed by atoms with Crippen molar-refractivity contribution in [1.82, 2.24) is 0 Å². The molecule has 0 amide bonds. The Bertz CT molecular complexity index is 501. The summed E-state index contributed by atoms with van der Waals surface area (Å²) >= 11 is 3.13. The van der Waals surface area contributed by atoms with Crippen LogP contribution in [0.1, 0.15) is 15.2 Å². The second-order valence-corrected chi connectivity index (χ2v) is 5.95. The first-order valence-corrected chi connectivity index (χ1v) is 7.39. The van der Waals surface area contributed by atoms with Gasteiger partial charge in [0.2, 0.25) is 0 Å². The second kappa shape index (κ2) is 5.50. The van der Waals surface area contributed by atoms with Crippen LogP contribution in [0, 0.1) is 11.3 Å². The molecule has 2 heterocycles. The van der Waals surface area contributed by atoms with Gasteiger partial charge >= 0.3 is 5.97 Å². The van der Waals surface area contributed by atoms with Crippen LogP contribution in [-0.2, 0) is 4.74 Å². The molecule has 0 atom stereocenters. The van der Waals surface area contributed by atoms with Crippen LogP contribution in [0.3, 0.4) is 0 Å². The number of anilines is 2. The first kappa shape index (κ1) is 13.1. The van der Waals surface area contributed by atoms with Gasteiger partial charge in [0.15, 0.2) is 0 Å². The number of rotatable bonds is 2. The number of hydrogen-bond donors (Lipinski definition) is 1. The average Bonchev–Trinajstić information content (AvgIpc) is 2.76. The summed E-state index contributed by atoms with van der Waals surface area (Å²) in [5.41, 5.74) is 6.49. The highest BCUT2D eigenvalue weighted by Crippen LogP contribution is 2.38. The molecule has 0 saturated carbocycles. The molecule has 1 aliphatic rings. The van der Waals surface area contributed by atoms with Crippen LogP contribution in [0.4, 0.5) is 10.7 Å². The van der Waals surface area contributed by atoms with Crippen LogP contribution in [0.2, 0.25) is 0 Å². The molecule has 2 rings (SSSR count). The van der Waals surface area contributed by atoms with Gasteiger partial charge in [-0.25, -0.2) is 4.79 Å². The number of thiophene rings is 1. The number of nitrogens with zero attached hydrogens (tertiary/aromatic N) is 2. The first-order chi connectivity index (χ1) is 8.69. The molecule has 18 heavy (non-hydrogen) atoms.